The standard InChI is InChI=1S/C14H17N3O2/c1-8(14(18)19-2)17-12-6-5-10(15)7-11(12)16-13(17)9-3-4-9/h5-9H,3-4,15H2,1-2H3. The van der Waals surface area contributed by atoms with Crippen molar-refractivity contribution in [2.24, 2.45) is 0 Å². The Bertz CT molecular complexity index is 643. The number of hydrogen-bond acceptors (Lipinski definition) is 4. The Kier molecular flexibility index (Phi) is 2.69. The second-order valence-electron chi connectivity index (χ2n) is 5.06. The number of methoxy groups -OCH3 is 1. The molecular weight excluding hydrogens is 242 g/mol. The van der Waals surface area contributed by atoms with Crippen LogP contribution >= 0.6 is 0 Å². The number of anilines is 1. The average molecular weight is 259 g/mol. The van der Waals surface area contributed by atoms with E-state index in [0.717, 1.165) is 29.7 Å². The minimum absolute atomic E-state index is 0.252. The highest BCUT2D eigenvalue weighted by Gasteiger charge is 2.32. The first kappa shape index (κ1) is 12.0. The van der Waals surface area contributed by atoms with Crippen LogP contribution in [0.5, 0.6) is 0 Å². The van der Waals surface area contributed by atoms with Crippen LogP contribution in [0, 0.1) is 0 Å². The van der Waals surface area contributed by atoms with E-state index in [1.165, 1.54) is 7.11 Å². The first-order chi connectivity index (χ1) is 9.11. The minimum Gasteiger partial charge on any atom is -0.467 e. The Morgan fingerprint density at radius 2 is 2.26 bits per heavy atom. The second-order valence-corrected chi connectivity index (χ2v) is 5.06. The highest BCUT2D eigenvalue weighted by molar-refractivity contribution is 5.83. The summed E-state index contributed by atoms with van der Waals surface area (Å²) in [5.74, 6) is 1.18. The van der Waals surface area contributed by atoms with Crippen molar-refractivity contribution in [2.75, 3.05) is 12.8 Å². The number of imidazole rings is 1. The SMILES string of the molecule is COC(=O)C(C)n1c(C2CC2)nc2cc(N)ccc21. The molecule has 2 N–H and O–H groups in total. The molecule has 1 aromatic carbocycles. The fourth-order valence-corrected chi connectivity index (χ4v) is 2.45. The monoisotopic (exact) mass is 259 g/mol. The summed E-state index contributed by atoms with van der Waals surface area (Å²) in [7, 11) is 1.41. The number of aromatic nitrogens is 2. The number of hydrogen-bond donors (Lipinski definition) is 1. The van der Waals surface area contributed by atoms with Gasteiger partial charge in [-0.15, -0.1) is 0 Å². The second kappa shape index (κ2) is 4.26. The van der Waals surface area contributed by atoms with Crippen LogP contribution < -0.4 is 5.73 Å². The molecule has 0 spiro atoms. The van der Waals surface area contributed by atoms with E-state index in [4.69, 9.17) is 10.5 Å². The van der Waals surface area contributed by atoms with Gasteiger partial charge in [-0.2, -0.15) is 0 Å². The predicted molar refractivity (Wildman–Crippen MR) is 72.8 cm³/mol. The summed E-state index contributed by atoms with van der Waals surface area (Å²) in [6.07, 6.45) is 2.26. The summed E-state index contributed by atoms with van der Waals surface area (Å²) in [4.78, 5) is 16.5. The summed E-state index contributed by atoms with van der Waals surface area (Å²) in [5.41, 5.74) is 8.27. The molecule has 1 aliphatic rings. The number of nitrogens with zero attached hydrogens (tertiary/aromatic N) is 2. The van der Waals surface area contributed by atoms with Crippen molar-refractivity contribution in [1.82, 2.24) is 9.55 Å². The van der Waals surface area contributed by atoms with E-state index >= 15 is 0 Å². The first-order valence-electron chi connectivity index (χ1n) is 6.47. The third kappa shape index (κ3) is 1.95. The Hall–Kier alpha value is -2.04. The molecule has 0 radical (unpaired) electrons. The fraction of sp³-hybridized carbons (Fsp3) is 0.429. The van der Waals surface area contributed by atoms with Gasteiger partial charge in [-0.25, -0.2) is 9.78 Å². The van der Waals surface area contributed by atoms with Gasteiger partial charge < -0.3 is 15.0 Å². The van der Waals surface area contributed by atoms with Crippen LogP contribution in [0.1, 0.15) is 37.5 Å². The zero-order valence-electron chi connectivity index (χ0n) is 11.1. The summed E-state index contributed by atoms with van der Waals surface area (Å²) in [5, 5.41) is 0. The lowest BCUT2D eigenvalue weighted by Crippen LogP contribution is -2.19. The molecule has 0 saturated heterocycles. The van der Waals surface area contributed by atoms with E-state index in [0.29, 0.717) is 11.6 Å². The number of fused-ring (bicyclic) bond motifs is 1. The van der Waals surface area contributed by atoms with Crippen molar-refractivity contribution in [2.45, 2.75) is 31.7 Å². The number of nitrogen functional groups attached to an aromatic ring is 1. The number of benzene rings is 1. The van der Waals surface area contributed by atoms with E-state index in [-0.39, 0.29) is 12.0 Å². The molecule has 2 aromatic rings. The van der Waals surface area contributed by atoms with E-state index < -0.39 is 0 Å². The number of esters is 1. The molecule has 3 rings (SSSR count). The minimum atomic E-state index is -0.366. The van der Waals surface area contributed by atoms with E-state index in [9.17, 15) is 4.79 Å². The highest BCUT2D eigenvalue weighted by Crippen LogP contribution is 2.42. The van der Waals surface area contributed by atoms with E-state index in [1.807, 2.05) is 29.7 Å². The average Bonchev–Trinajstić information content (AvgIpc) is 3.18. The van der Waals surface area contributed by atoms with Crippen molar-refractivity contribution in [3.05, 3.63) is 24.0 Å². The third-order valence-electron chi connectivity index (χ3n) is 3.61. The van der Waals surface area contributed by atoms with E-state index in [1.54, 1.807) is 0 Å². The molecule has 0 amide bonds. The molecule has 1 aromatic heterocycles. The quantitative estimate of drug-likeness (QED) is 0.678. The molecule has 0 aliphatic heterocycles. The summed E-state index contributed by atoms with van der Waals surface area (Å²) < 4.78 is 6.84. The van der Waals surface area contributed by atoms with Crippen molar-refractivity contribution in [3.8, 4) is 0 Å². The lowest BCUT2D eigenvalue weighted by atomic mass is 10.2. The summed E-state index contributed by atoms with van der Waals surface area (Å²) in [6, 6.07) is 5.24. The predicted octanol–water partition coefficient (Wildman–Crippen LogP) is 2.23. The van der Waals surface area contributed by atoms with Crippen LogP contribution in [0.15, 0.2) is 18.2 Å². The third-order valence-corrected chi connectivity index (χ3v) is 3.61. The molecule has 1 atom stereocenters. The summed E-state index contributed by atoms with van der Waals surface area (Å²) >= 11 is 0. The van der Waals surface area contributed by atoms with Crippen molar-refractivity contribution >= 4 is 22.7 Å². The Morgan fingerprint density at radius 1 is 1.53 bits per heavy atom. The number of carbonyl (C=O) groups is 1. The van der Waals surface area contributed by atoms with Gasteiger partial charge >= 0.3 is 5.97 Å². The molecule has 1 saturated carbocycles. The summed E-state index contributed by atoms with van der Waals surface area (Å²) in [6.45, 7) is 1.84. The number of ether oxygens (including phenoxy) is 1. The van der Waals surface area contributed by atoms with Gasteiger partial charge in [-0.1, -0.05) is 0 Å². The van der Waals surface area contributed by atoms with Crippen LogP contribution in [0.25, 0.3) is 11.0 Å². The maximum Gasteiger partial charge on any atom is 0.328 e. The highest BCUT2D eigenvalue weighted by atomic mass is 16.5. The number of nitrogens with two attached hydrogens (primary N) is 1. The van der Waals surface area contributed by atoms with Crippen molar-refractivity contribution < 1.29 is 9.53 Å². The topological polar surface area (TPSA) is 70.1 Å². The van der Waals surface area contributed by atoms with Gasteiger partial charge in [0.25, 0.3) is 0 Å². The van der Waals surface area contributed by atoms with Gasteiger partial charge in [0.05, 0.1) is 18.1 Å². The molecule has 1 heterocycles. The Balaban J connectivity index is 2.19. The zero-order chi connectivity index (χ0) is 13.6. The Morgan fingerprint density at radius 3 is 2.89 bits per heavy atom. The van der Waals surface area contributed by atoms with Gasteiger partial charge in [-0.05, 0) is 38.0 Å². The normalized spacial score (nSPS) is 16.5. The van der Waals surface area contributed by atoms with E-state index in [2.05, 4.69) is 4.98 Å². The van der Waals surface area contributed by atoms with Gasteiger partial charge in [0.15, 0.2) is 0 Å². The maximum absolute atomic E-state index is 11.8. The molecule has 1 unspecified atom stereocenters. The van der Waals surface area contributed by atoms with Crippen LogP contribution in [0.4, 0.5) is 5.69 Å². The molecule has 1 fully saturated rings. The smallest absolute Gasteiger partial charge is 0.328 e. The number of carbonyl (C=O) groups excluding carboxylic acids is 1. The molecule has 100 valence electrons. The largest absolute Gasteiger partial charge is 0.467 e. The van der Waals surface area contributed by atoms with Crippen molar-refractivity contribution in [1.29, 1.82) is 0 Å². The zero-order valence-corrected chi connectivity index (χ0v) is 11.1. The van der Waals surface area contributed by atoms with Gasteiger partial charge in [0.2, 0.25) is 0 Å². The van der Waals surface area contributed by atoms with Crippen LogP contribution in [0.2, 0.25) is 0 Å². The van der Waals surface area contributed by atoms with Gasteiger partial charge in [0.1, 0.15) is 11.9 Å². The molecule has 1 aliphatic carbocycles. The molecule has 5 heteroatoms. The first-order valence-corrected chi connectivity index (χ1v) is 6.47. The van der Waals surface area contributed by atoms with Crippen LogP contribution in [0.3, 0.4) is 0 Å². The van der Waals surface area contributed by atoms with Crippen LogP contribution in [-0.2, 0) is 9.53 Å². The molecule has 0 bridgehead atoms. The maximum atomic E-state index is 11.8. The van der Waals surface area contributed by atoms with Gasteiger partial charge in [0, 0.05) is 11.6 Å². The van der Waals surface area contributed by atoms with Crippen molar-refractivity contribution in [3.63, 3.8) is 0 Å². The fourth-order valence-electron chi connectivity index (χ4n) is 2.45. The molecular formula is C14H17N3O2. The van der Waals surface area contributed by atoms with Crippen LogP contribution in [-0.4, -0.2) is 22.6 Å². The Labute approximate surface area is 111 Å². The number of rotatable bonds is 3. The lowest BCUT2D eigenvalue weighted by molar-refractivity contribution is -0.143. The molecule has 5 nitrogen and oxygen atoms in total. The van der Waals surface area contributed by atoms with Gasteiger partial charge in [-0.3, -0.25) is 0 Å². The lowest BCUT2D eigenvalue weighted by Gasteiger charge is -2.15. The molecule has 19 heavy (non-hydrogen) atoms.